The van der Waals surface area contributed by atoms with E-state index < -0.39 is 6.04 Å². The molecule has 1 atom stereocenters. The number of halogens is 2. The second kappa shape index (κ2) is 8.99. The van der Waals surface area contributed by atoms with Gasteiger partial charge in [0, 0.05) is 25.3 Å². The molecule has 150 valence electrons. The molecule has 0 bridgehead atoms. The lowest BCUT2D eigenvalue weighted by Gasteiger charge is -2.31. The first kappa shape index (κ1) is 20.7. The highest BCUT2D eigenvalue weighted by molar-refractivity contribution is 6.42. The van der Waals surface area contributed by atoms with E-state index in [1.54, 1.807) is 23.1 Å². The number of nitrogens with one attached hydrogen (secondary N) is 2. The predicted molar refractivity (Wildman–Crippen MR) is 112 cm³/mol. The molecule has 0 fully saturated rings. The number of fused-ring (bicyclic) bond motifs is 1. The minimum atomic E-state index is -0.556. The van der Waals surface area contributed by atoms with Crippen molar-refractivity contribution in [1.82, 2.24) is 15.2 Å². The van der Waals surface area contributed by atoms with Crippen LogP contribution >= 0.6 is 23.2 Å². The molecule has 6 nitrogen and oxygen atoms in total. The van der Waals surface area contributed by atoms with E-state index in [0.717, 1.165) is 23.4 Å². The number of amides is 2. The number of anilines is 1. The van der Waals surface area contributed by atoms with Gasteiger partial charge in [0.2, 0.25) is 0 Å². The Labute approximate surface area is 174 Å². The monoisotopic (exact) mass is 422 g/mol. The van der Waals surface area contributed by atoms with Crippen molar-refractivity contribution in [2.24, 2.45) is 0 Å². The molecule has 0 aliphatic carbocycles. The van der Waals surface area contributed by atoms with Crippen LogP contribution in [-0.2, 0) is 13.0 Å². The van der Waals surface area contributed by atoms with Crippen LogP contribution in [0.5, 0.6) is 0 Å². The number of hydrogen-bond donors (Lipinski definition) is 3. The fourth-order valence-corrected chi connectivity index (χ4v) is 3.50. The summed E-state index contributed by atoms with van der Waals surface area (Å²) in [5.41, 5.74) is 2.94. The summed E-state index contributed by atoms with van der Waals surface area (Å²) in [4.78, 5) is 18.9. The van der Waals surface area contributed by atoms with Crippen molar-refractivity contribution in [1.29, 1.82) is 0 Å². The maximum absolute atomic E-state index is 12.8. The summed E-state index contributed by atoms with van der Waals surface area (Å²) in [7, 11) is 0. The minimum Gasteiger partial charge on any atom is -0.394 e. The number of carbonyl (C=O) groups excluding carboxylic acids is 1. The standard InChI is InChI=1S/C20H24Cl2N4O2/c1-12(2)24-19-8-15-10-26(6-5-14(15)9-23-19)20(28)25-18(11-27)13-3-4-16(21)17(22)7-13/h3-4,7-9,12,18,27H,5-6,10-11H2,1-2H3,(H,23,24)(H,25,28). The SMILES string of the molecule is CC(C)Nc1cc2c(cn1)CCN(C(=O)NC(CO)c1ccc(Cl)c(Cl)c1)C2. The maximum Gasteiger partial charge on any atom is 0.318 e. The van der Waals surface area contributed by atoms with Gasteiger partial charge in [0.05, 0.1) is 22.7 Å². The van der Waals surface area contributed by atoms with E-state index in [4.69, 9.17) is 23.2 Å². The van der Waals surface area contributed by atoms with Gasteiger partial charge in [0.25, 0.3) is 0 Å². The van der Waals surface area contributed by atoms with Gasteiger partial charge < -0.3 is 20.6 Å². The molecule has 0 saturated heterocycles. The topological polar surface area (TPSA) is 77.5 Å². The largest absolute Gasteiger partial charge is 0.394 e. The molecule has 1 unspecified atom stereocenters. The molecule has 1 aromatic carbocycles. The minimum absolute atomic E-state index is 0.231. The van der Waals surface area contributed by atoms with Gasteiger partial charge in [-0.1, -0.05) is 29.3 Å². The van der Waals surface area contributed by atoms with E-state index in [0.29, 0.717) is 28.7 Å². The number of benzene rings is 1. The molecule has 8 heteroatoms. The van der Waals surface area contributed by atoms with Crippen LogP contribution in [0.1, 0.15) is 36.6 Å². The fraction of sp³-hybridized carbons (Fsp3) is 0.400. The first-order chi connectivity index (χ1) is 13.4. The molecule has 3 N–H and O–H groups in total. The molecule has 2 aromatic rings. The van der Waals surface area contributed by atoms with Crippen molar-refractivity contribution < 1.29 is 9.90 Å². The molecule has 28 heavy (non-hydrogen) atoms. The average molecular weight is 423 g/mol. The number of pyridine rings is 1. The predicted octanol–water partition coefficient (Wildman–Crippen LogP) is 4.01. The van der Waals surface area contributed by atoms with Gasteiger partial charge in [0.15, 0.2) is 0 Å². The first-order valence-corrected chi connectivity index (χ1v) is 9.98. The normalized spacial score (nSPS) is 14.6. The molecule has 0 spiro atoms. The van der Waals surface area contributed by atoms with Crippen molar-refractivity contribution >= 4 is 35.1 Å². The van der Waals surface area contributed by atoms with Crippen LogP contribution in [0.15, 0.2) is 30.5 Å². The molecule has 1 aliphatic heterocycles. The van der Waals surface area contributed by atoms with Gasteiger partial charge in [-0.3, -0.25) is 0 Å². The highest BCUT2D eigenvalue weighted by atomic mass is 35.5. The summed E-state index contributed by atoms with van der Waals surface area (Å²) in [5.74, 6) is 0.806. The van der Waals surface area contributed by atoms with Crippen LogP contribution in [0.3, 0.4) is 0 Å². The van der Waals surface area contributed by atoms with Crippen LogP contribution in [-0.4, -0.2) is 40.2 Å². The van der Waals surface area contributed by atoms with Crippen LogP contribution in [0.2, 0.25) is 10.0 Å². The molecular formula is C20H24Cl2N4O2. The number of rotatable bonds is 5. The zero-order valence-corrected chi connectivity index (χ0v) is 17.4. The summed E-state index contributed by atoms with van der Waals surface area (Å²) < 4.78 is 0. The van der Waals surface area contributed by atoms with E-state index in [9.17, 15) is 9.90 Å². The molecule has 1 aliphatic rings. The van der Waals surface area contributed by atoms with Gasteiger partial charge in [-0.25, -0.2) is 9.78 Å². The second-order valence-corrected chi connectivity index (χ2v) is 7.98. The Kier molecular flexibility index (Phi) is 6.65. The van der Waals surface area contributed by atoms with Crippen molar-refractivity contribution in [3.05, 3.63) is 57.2 Å². The number of hydrogen-bond acceptors (Lipinski definition) is 4. The third-order valence-electron chi connectivity index (χ3n) is 4.65. The average Bonchev–Trinajstić information content (AvgIpc) is 2.67. The summed E-state index contributed by atoms with van der Waals surface area (Å²) in [6, 6.07) is 6.55. The highest BCUT2D eigenvalue weighted by Crippen LogP contribution is 2.26. The van der Waals surface area contributed by atoms with Crippen LogP contribution in [0.25, 0.3) is 0 Å². The lowest BCUT2D eigenvalue weighted by molar-refractivity contribution is 0.177. The Morgan fingerprint density at radius 2 is 2.04 bits per heavy atom. The van der Waals surface area contributed by atoms with Gasteiger partial charge >= 0.3 is 6.03 Å². The molecule has 3 rings (SSSR count). The van der Waals surface area contributed by atoms with Gasteiger partial charge in [-0.15, -0.1) is 0 Å². The van der Waals surface area contributed by atoms with E-state index in [2.05, 4.69) is 29.5 Å². The zero-order chi connectivity index (χ0) is 20.3. The number of aromatic nitrogens is 1. The van der Waals surface area contributed by atoms with E-state index in [1.807, 2.05) is 12.3 Å². The molecular weight excluding hydrogens is 399 g/mol. The van der Waals surface area contributed by atoms with E-state index in [1.165, 1.54) is 0 Å². The van der Waals surface area contributed by atoms with Crippen molar-refractivity contribution in [3.8, 4) is 0 Å². The van der Waals surface area contributed by atoms with Crippen molar-refractivity contribution in [2.75, 3.05) is 18.5 Å². The molecule has 2 amide bonds. The van der Waals surface area contributed by atoms with Crippen molar-refractivity contribution in [3.63, 3.8) is 0 Å². The quantitative estimate of drug-likeness (QED) is 0.679. The number of aliphatic hydroxyl groups excluding tert-OH is 1. The second-order valence-electron chi connectivity index (χ2n) is 7.17. The third kappa shape index (κ3) is 4.87. The summed E-state index contributed by atoms with van der Waals surface area (Å²) in [6.45, 7) is 4.96. The summed E-state index contributed by atoms with van der Waals surface area (Å²) in [5, 5.41) is 16.7. The van der Waals surface area contributed by atoms with E-state index >= 15 is 0 Å². The van der Waals surface area contributed by atoms with Crippen molar-refractivity contribution in [2.45, 2.75) is 38.9 Å². The lowest BCUT2D eigenvalue weighted by atomic mass is 10.0. The number of carbonyl (C=O) groups is 1. The first-order valence-electron chi connectivity index (χ1n) is 9.23. The van der Waals surface area contributed by atoms with Crippen LogP contribution < -0.4 is 10.6 Å². The Bertz CT molecular complexity index is 860. The summed E-state index contributed by atoms with van der Waals surface area (Å²) >= 11 is 12.0. The molecule has 1 aromatic heterocycles. The molecule has 0 saturated carbocycles. The van der Waals surface area contributed by atoms with Crippen LogP contribution in [0, 0.1) is 0 Å². The Morgan fingerprint density at radius 3 is 2.71 bits per heavy atom. The highest BCUT2D eigenvalue weighted by Gasteiger charge is 2.24. The van der Waals surface area contributed by atoms with E-state index in [-0.39, 0.29) is 18.7 Å². The number of nitrogens with zero attached hydrogens (tertiary/aromatic N) is 2. The maximum atomic E-state index is 12.8. The van der Waals surface area contributed by atoms with Gasteiger partial charge in [0.1, 0.15) is 5.82 Å². The Morgan fingerprint density at radius 1 is 1.25 bits per heavy atom. The molecule has 0 radical (unpaired) electrons. The third-order valence-corrected chi connectivity index (χ3v) is 5.38. The Hall–Kier alpha value is -2.02. The fourth-order valence-electron chi connectivity index (χ4n) is 3.19. The number of urea groups is 1. The van der Waals surface area contributed by atoms with Gasteiger partial charge in [-0.05, 0) is 55.2 Å². The van der Waals surface area contributed by atoms with Gasteiger partial charge in [-0.2, -0.15) is 0 Å². The summed E-state index contributed by atoms with van der Waals surface area (Å²) in [6.07, 6.45) is 2.62. The lowest BCUT2D eigenvalue weighted by Crippen LogP contribution is -2.44. The van der Waals surface area contributed by atoms with Crippen LogP contribution in [0.4, 0.5) is 10.6 Å². The zero-order valence-electron chi connectivity index (χ0n) is 15.9. The molecule has 2 heterocycles. The Balaban J connectivity index is 1.70. The number of aliphatic hydroxyl groups is 1. The smallest absolute Gasteiger partial charge is 0.318 e.